The number of nitrogens with zero attached hydrogens (tertiary/aromatic N) is 1. The Hall–Kier alpha value is -1.95. The molecular formula is C22H20Cl3NO4. The quantitative estimate of drug-likeness (QED) is 0.608. The highest BCUT2D eigenvalue weighted by Gasteiger charge is 2.44. The molecule has 0 atom stereocenters. The van der Waals surface area contributed by atoms with Crippen molar-refractivity contribution in [2.75, 3.05) is 19.7 Å². The SMILES string of the molecule is Cc1cc(Cl)cc2c1OC1(CCN(C(=O)COc3cc(Cl)ccc3Cl)CC1)CC2=O. The van der Waals surface area contributed by atoms with Crippen molar-refractivity contribution >= 4 is 46.5 Å². The summed E-state index contributed by atoms with van der Waals surface area (Å²) in [6.45, 7) is 2.72. The van der Waals surface area contributed by atoms with Gasteiger partial charge in [0.25, 0.3) is 5.91 Å². The second kappa shape index (κ2) is 8.29. The number of ether oxygens (including phenoxy) is 2. The first-order valence-electron chi connectivity index (χ1n) is 9.64. The van der Waals surface area contributed by atoms with Crippen molar-refractivity contribution in [1.29, 1.82) is 0 Å². The Kier molecular flexibility index (Phi) is 5.88. The number of hydrogen-bond acceptors (Lipinski definition) is 4. The third-order valence-electron chi connectivity index (χ3n) is 5.61. The van der Waals surface area contributed by atoms with Gasteiger partial charge in [-0.3, -0.25) is 9.59 Å². The van der Waals surface area contributed by atoms with E-state index in [1.807, 2.05) is 6.92 Å². The average Bonchev–Trinajstić information content (AvgIpc) is 2.70. The van der Waals surface area contributed by atoms with Crippen molar-refractivity contribution < 1.29 is 19.1 Å². The maximum atomic E-state index is 12.7. The molecule has 2 aromatic carbocycles. The number of likely N-dealkylation sites (tertiary alicyclic amines) is 1. The molecule has 1 spiro atoms. The molecule has 0 aliphatic carbocycles. The van der Waals surface area contributed by atoms with Gasteiger partial charge < -0.3 is 14.4 Å². The zero-order valence-corrected chi connectivity index (χ0v) is 18.6. The Bertz CT molecular complexity index is 1020. The van der Waals surface area contributed by atoms with Gasteiger partial charge >= 0.3 is 0 Å². The summed E-state index contributed by atoms with van der Waals surface area (Å²) >= 11 is 18.1. The lowest BCUT2D eigenvalue weighted by atomic mass is 9.82. The van der Waals surface area contributed by atoms with E-state index in [1.54, 1.807) is 35.2 Å². The molecule has 0 unspecified atom stereocenters. The zero-order chi connectivity index (χ0) is 21.5. The van der Waals surface area contributed by atoms with Gasteiger partial charge in [0.2, 0.25) is 0 Å². The molecule has 0 radical (unpaired) electrons. The molecule has 4 rings (SSSR count). The van der Waals surface area contributed by atoms with Crippen LogP contribution in [0.15, 0.2) is 30.3 Å². The zero-order valence-electron chi connectivity index (χ0n) is 16.3. The maximum absolute atomic E-state index is 12.7. The molecular weight excluding hydrogens is 449 g/mol. The molecule has 30 heavy (non-hydrogen) atoms. The highest BCUT2D eigenvalue weighted by atomic mass is 35.5. The van der Waals surface area contributed by atoms with E-state index >= 15 is 0 Å². The van der Waals surface area contributed by atoms with E-state index in [0.717, 1.165) is 5.56 Å². The molecule has 2 aliphatic heterocycles. The van der Waals surface area contributed by atoms with E-state index in [2.05, 4.69) is 0 Å². The second-order valence-electron chi connectivity index (χ2n) is 7.73. The first-order valence-corrected chi connectivity index (χ1v) is 10.8. The van der Waals surface area contributed by atoms with Crippen molar-refractivity contribution in [2.24, 2.45) is 0 Å². The van der Waals surface area contributed by atoms with Crippen LogP contribution in [-0.4, -0.2) is 41.9 Å². The van der Waals surface area contributed by atoms with Crippen LogP contribution in [0.3, 0.4) is 0 Å². The topological polar surface area (TPSA) is 55.8 Å². The van der Waals surface area contributed by atoms with Crippen molar-refractivity contribution in [2.45, 2.75) is 31.8 Å². The molecule has 2 heterocycles. The Morgan fingerprint density at radius 3 is 2.60 bits per heavy atom. The summed E-state index contributed by atoms with van der Waals surface area (Å²) in [5.74, 6) is 0.860. The van der Waals surface area contributed by atoms with Gasteiger partial charge in [-0.25, -0.2) is 0 Å². The van der Waals surface area contributed by atoms with Crippen LogP contribution < -0.4 is 9.47 Å². The molecule has 8 heteroatoms. The number of rotatable bonds is 3. The van der Waals surface area contributed by atoms with Crippen LogP contribution in [0.2, 0.25) is 15.1 Å². The van der Waals surface area contributed by atoms with Crippen LogP contribution in [0.4, 0.5) is 0 Å². The van der Waals surface area contributed by atoms with Gasteiger partial charge in [0, 0.05) is 42.0 Å². The minimum Gasteiger partial charge on any atom is -0.486 e. The standard InChI is InChI=1S/C22H20Cl3NO4/c1-13-8-15(24)9-16-18(27)11-22(30-21(13)16)4-6-26(7-5-22)20(28)12-29-19-10-14(23)2-3-17(19)25/h2-3,8-10H,4-7,11-12H2,1H3. The number of halogens is 3. The lowest BCUT2D eigenvalue weighted by Crippen LogP contribution is -2.53. The van der Waals surface area contributed by atoms with Gasteiger partial charge in [0.05, 0.1) is 17.0 Å². The lowest BCUT2D eigenvalue weighted by Gasteiger charge is -2.44. The number of aryl methyl sites for hydroxylation is 1. The predicted molar refractivity (Wildman–Crippen MR) is 116 cm³/mol. The number of hydrogen-bond donors (Lipinski definition) is 0. The van der Waals surface area contributed by atoms with Gasteiger partial charge in [-0.05, 0) is 36.8 Å². The van der Waals surface area contributed by atoms with Crippen LogP contribution in [0.25, 0.3) is 0 Å². The van der Waals surface area contributed by atoms with Crippen LogP contribution in [0, 0.1) is 6.92 Å². The summed E-state index contributed by atoms with van der Waals surface area (Å²) in [5.41, 5.74) is 0.794. The molecule has 2 aromatic rings. The van der Waals surface area contributed by atoms with Crippen LogP contribution in [-0.2, 0) is 4.79 Å². The van der Waals surface area contributed by atoms with Gasteiger partial charge in [-0.2, -0.15) is 0 Å². The molecule has 1 saturated heterocycles. The van der Waals surface area contributed by atoms with Crippen molar-refractivity contribution in [3.63, 3.8) is 0 Å². The Morgan fingerprint density at radius 2 is 1.87 bits per heavy atom. The fourth-order valence-corrected chi connectivity index (χ4v) is 4.58. The first kappa shape index (κ1) is 21.3. The highest BCUT2D eigenvalue weighted by molar-refractivity contribution is 6.34. The monoisotopic (exact) mass is 467 g/mol. The molecule has 0 N–H and O–H groups in total. The second-order valence-corrected chi connectivity index (χ2v) is 9.01. The van der Waals surface area contributed by atoms with E-state index in [1.165, 1.54) is 0 Å². The largest absolute Gasteiger partial charge is 0.486 e. The fraction of sp³-hybridized carbons (Fsp3) is 0.364. The smallest absolute Gasteiger partial charge is 0.260 e. The summed E-state index contributed by atoms with van der Waals surface area (Å²) in [5, 5.41) is 1.41. The number of fused-ring (bicyclic) bond motifs is 1. The summed E-state index contributed by atoms with van der Waals surface area (Å²) in [7, 11) is 0. The number of Topliss-reactive ketones (excluding diaryl/α,β-unsaturated/α-hetero) is 1. The summed E-state index contributed by atoms with van der Waals surface area (Å²) in [6.07, 6.45) is 1.43. The summed E-state index contributed by atoms with van der Waals surface area (Å²) in [4.78, 5) is 27.1. The van der Waals surface area contributed by atoms with E-state index in [0.29, 0.717) is 58.1 Å². The molecule has 0 aromatic heterocycles. The minimum absolute atomic E-state index is 0.0283. The average molecular weight is 469 g/mol. The molecule has 0 bridgehead atoms. The molecule has 1 fully saturated rings. The number of carbonyl (C=O) groups excluding carboxylic acids is 2. The number of amides is 1. The van der Waals surface area contributed by atoms with Crippen molar-refractivity contribution in [3.05, 3.63) is 56.5 Å². The first-order chi connectivity index (χ1) is 14.3. The fourth-order valence-electron chi connectivity index (χ4n) is 3.97. The Balaban J connectivity index is 1.39. The minimum atomic E-state index is -0.587. The number of piperidine rings is 1. The number of carbonyl (C=O) groups is 2. The third-order valence-corrected chi connectivity index (χ3v) is 6.38. The molecule has 158 valence electrons. The van der Waals surface area contributed by atoms with Crippen LogP contribution >= 0.6 is 34.8 Å². The maximum Gasteiger partial charge on any atom is 0.260 e. The van der Waals surface area contributed by atoms with Gasteiger partial charge in [-0.15, -0.1) is 0 Å². The van der Waals surface area contributed by atoms with Crippen LogP contribution in [0.5, 0.6) is 11.5 Å². The van der Waals surface area contributed by atoms with Crippen molar-refractivity contribution in [1.82, 2.24) is 4.90 Å². The summed E-state index contributed by atoms with van der Waals surface area (Å²) in [6, 6.07) is 8.32. The van der Waals surface area contributed by atoms with E-state index in [9.17, 15) is 9.59 Å². The van der Waals surface area contributed by atoms with E-state index in [4.69, 9.17) is 44.3 Å². The van der Waals surface area contributed by atoms with E-state index in [-0.39, 0.29) is 24.7 Å². The van der Waals surface area contributed by atoms with E-state index < -0.39 is 5.60 Å². The number of ketones is 1. The normalized spacial score (nSPS) is 17.5. The van der Waals surface area contributed by atoms with Gasteiger partial charge in [-0.1, -0.05) is 34.8 Å². The Morgan fingerprint density at radius 1 is 1.13 bits per heavy atom. The molecule has 1 amide bonds. The van der Waals surface area contributed by atoms with Crippen LogP contribution in [0.1, 0.15) is 35.2 Å². The Labute approximate surface area is 189 Å². The highest BCUT2D eigenvalue weighted by Crippen LogP contribution is 2.42. The molecule has 5 nitrogen and oxygen atoms in total. The molecule has 2 aliphatic rings. The predicted octanol–water partition coefficient (Wildman–Crippen LogP) is 5.36. The molecule has 0 saturated carbocycles. The van der Waals surface area contributed by atoms with Crippen molar-refractivity contribution in [3.8, 4) is 11.5 Å². The third kappa shape index (κ3) is 4.25. The summed E-state index contributed by atoms with van der Waals surface area (Å²) < 4.78 is 11.9. The lowest BCUT2D eigenvalue weighted by molar-refractivity contribution is -0.136. The number of benzene rings is 2. The van der Waals surface area contributed by atoms with Gasteiger partial charge in [0.15, 0.2) is 12.4 Å². The van der Waals surface area contributed by atoms with Gasteiger partial charge in [0.1, 0.15) is 17.1 Å².